The molecule has 3 amide bonds. The maximum atomic E-state index is 13.0. The number of anilines is 2. The molecule has 1 saturated carbocycles. The van der Waals surface area contributed by atoms with Gasteiger partial charge in [0.25, 0.3) is 0 Å². The minimum Gasteiger partial charge on any atom is -0.495 e. The average molecular weight is 477 g/mol. The number of rotatable bonds is 5. The second-order valence-electron chi connectivity index (χ2n) is 9.64. The first-order valence-corrected chi connectivity index (χ1v) is 12.0. The molecule has 4 atom stereocenters. The van der Waals surface area contributed by atoms with Crippen LogP contribution in [0.2, 0.25) is 0 Å². The van der Waals surface area contributed by atoms with Gasteiger partial charge in [-0.1, -0.05) is 25.1 Å². The molecular weight excluding hydrogens is 448 g/mol. The summed E-state index contributed by atoms with van der Waals surface area (Å²) in [4.78, 5) is 54.4. The Bertz CT molecular complexity index is 1190. The minimum atomic E-state index is -0.643. The van der Waals surface area contributed by atoms with Crippen LogP contribution in [0.5, 0.6) is 11.5 Å². The summed E-state index contributed by atoms with van der Waals surface area (Å²) in [6.45, 7) is 2.29. The number of para-hydroxylation sites is 2. The van der Waals surface area contributed by atoms with Crippen LogP contribution in [0.1, 0.15) is 32.6 Å². The number of benzene rings is 2. The molecule has 3 aliphatic rings. The molecule has 0 unspecified atom stereocenters. The largest absolute Gasteiger partial charge is 0.495 e. The summed E-state index contributed by atoms with van der Waals surface area (Å²) in [7, 11) is 1.53. The molecule has 8 nitrogen and oxygen atoms in total. The first-order valence-electron chi connectivity index (χ1n) is 12.0. The molecule has 2 aromatic rings. The normalized spacial score (nSPS) is 26.2. The highest BCUT2D eigenvalue weighted by Crippen LogP contribution is 2.42. The van der Waals surface area contributed by atoms with Gasteiger partial charge in [0.1, 0.15) is 11.5 Å². The Morgan fingerprint density at radius 1 is 0.971 bits per heavy atom. The Morgan fingerprint density at radius 3 is 2.54 bits per heavy atom. The van der Waals surface area contributed by atoms with Crippen LogP contribution in [0.25, 0.3) is 0 Å². The van der Waals surface area contributed by atoms with Crippen molar-refractivity contribution in [3.63, 3.8) is 0 Å². The van der Waals surface area contributed by atoms with Crippen LogP contribution in [-0.4, -0.2) is 37.3 Å². The van der Waals surface area contributed by atoms with E-state index < -0.39 is 11.9 Å². The van der Waals surface area contributed by atoms with Crippen molar-refractivity contribution in [3.05, 3.63) is 48.5 Å². The first-order chi connectivity index (χ1) is 16.9. The third-order valence-corrected chi connectivity index (χ3v) is 7.32. The number of esters is 1. The Labute approximate surface area is 203 Å². The van der Waals surface area contributed by atoms with E-state index >= 15 is 0 Å². The molecule has 0 bridgehead atoms. The lowest BCUT2D eigenvalue weighted by atomic mass is 9.76. The zero-order valence-electron chi connectivity index (χ0n) is 19.8. The van der Waals surface area contributed by atoms with Crippen LogP contribution >= 0.6 is 0 Å². The van der Waals surface area contributed by atoms with E-state index in [4.69, 9.17) is 9.47 Å². The lowest BCUT2D eigenvalue weighted by Gasteiger charge is -2.25. The summed E-state index contributed by atoms with van der Waals surface area (Å²) in [5.41, 5.74) is 1.02. The van der Waals surface area contributed by atoms with Gasteiger partial charge in [0, 0.05) is 19.0 Å². The molecule has 5 rings (SSSR count). The molecule has 0 spiro atoms. The lowest BCUT2D eigenvalue weighted by molar-refractivity contribution is -0.139. The highest BCUT2D eigenvalue weighted by Gasteiger charge is 2.50. The van der Waals surface area contributed by atoms with E-state index in [0.717, 1.165) is 19.3 Å². The predicted molar refractivity (Wildman–Crippen MR) is 128 cm³/mol. The van der Waals surface area contributed by atoms with Crippen molar-refractivity contribution in [2.45, 2.75) is 32.6 Å². The summed E-state index contributed by atoms with van der Waals surface area (Å²) in [5.74, 6) is -1.05. The Kier molecular flexibility index (Phi) is 6.05. The number of ether oxygens (including phenoxy) is 2. The third kappa shape index (κ3) is 4.17. The number of imide groups is 1. The topological polar surface area (TPSA) is 93.2 Å². The molecule has 3 fully saturated rings. The highest BCUT2D eigenvalue weighted by atomic mass is 16.5. The fourth-order valence-electron chi connectivity index (χ4n) is 5.48. The number of amides is 3. The van der Waals surface area contributed by atoms with Gasteiger partial charge < -0.3 is 14.4 Å². The quantitative estimate of drug-likeness (QED) is 0.372. The van der Waals surface area contributed by atoms with Gasteiger partial charge in [-0.3, -0.25) is 19.2 Å². The van der Waals surface area contributed by atoms with E-state index in [0.29, 0.717) is 23.0 Å². The second kappa shape index (κ2) is 9.17. The molecule has 1 aliphatic carbocycles. The van der Waals surface area contributed by atoms with Crippen molar-refractivity contribution in [3.8, 4) is 11.5 Å². The number of methoxy groups -OCH3 is 1. The van der Waals surface area contributed by atoms with E-state index in [-0.39, 0.29) is 48.3 Å². The van der Waals surface area contributed by atoms with Crippen LogP contribution in [0.3, 0.4) is 0 Å². The molecular formula is C27H28N2O6. The van der Waals surface area contributed by atoms with Crippen molar-refractivity contribution in [2.24, 2.45) is 23.7 Å². The number of hydrogen-bond acceptors (Lipinski definition) is 6. The van der Waals surface area contributed by atoms with Gasteiger partial charge in [0.05, 0.1) is 36.2 Å². The van der Waals surface area contributed by atoms with Gasteiger partial charge in [-0.15, -0.1) is 0 Å². The summed E-state index contributed by atoms with van der Waals surface area (Å²) in [5, 5.41) is 0. The summed E-state index contributed by atoms with van der Waals surface area (Å²) in [6, 6.07) is 13.6. The molecule has 2 saturated heterocycles. The van der Waals surface area contributed by atoms with Crippen LogP contribution in [0, 0.1) is 23.7 Å². The van der Waals surface area contributed by atoms with E-state index in [1.807, 2.05) is 6.07 Å². The monoisotopic (exact) mass is 476 g/mol. The molecule has 2 heterocycles. The molecule has 2 aliphatic heterocycles. The number of carbonyl (C=O) groups is 4. The number of hydrogen-bond donors (Lipinski definition) is 0. The van der Waals surface area contributed by atoms with Gasteiger partial charge in [0.15, 0.2) is 0 Å². The molecule has 0 radical (unpaired) electrons. The fourth-order valence-corrected chi connectivity index (χ4v) is 5.48. The lowest BCUT2D eigenvalue weighted by Crippen LogP contribution is -2.31. The molecule has 0 aromatic heterocycles. The van der Waals surface area contributed by atoms with E-state index in [1.165, 1.54) is 16.9 Å². The van der Waals surface area contributed by atoms with Crippen LogP contribution in [-0.2, 0) is 19.2 Å². The van der Waals surface area contributed by atoms with Crippen LogP contribution in [0.4, 0.5) is 11.4 Å². The van der Waals surface area contributed by atoms with Gasteiger partial charge in [-0.2, -0.15) is 0 Å². The molecule has 35 heavy (non-hydrogen) atoms. The summed E-state index contributed by atoms with van der Waals surface area (Å²) < 4.78 is 10.9. The maximum absolute atomic E-state index is 13.0. The molecule has 0 N–H and O–H groups in total. The smallest absolute Gasteiger partial charge is 0.316 e. The third-order valence-electron chi connectivity index (χ3n) is 7.32. The Hall–Kier alpha value is -3.68. The van der Waals surface area contributed by atoms with Gasteiger partial charge in [0.2, 0.25) is 17.7 Å². The summed E-state index contributed by atoms with van der Waals surface area (Å²) in [6.07, 6.45) is 2.41. The standard InChI is InChI=1S/C27H28N2O6/c1-16-10-11-20-21(12-16)26(32)29(25(20)31)18-6-5-7-19(14-18)35-27(33)17-13-24(30)28(15-17)22-8-3-4-9-23(22)34-2/h3-9,14,16-17,20-21H,10-13,15H2,1-2H3/t16-,17-,20-,21-/m1/s1. The van der Waals surface area contributed by atoms with E-state index in [9.17, 15) is 19.2 Å². The zero-order valence-corrected chi connectivity index (χ0v) is 19.8. The number of nitrogens with zero attached hydrogens (tertiary/aromatic N) is 2. The summed E-state index contributed by atoms with van der Waals surface area (Å²) >= 11 is 0. The zero-order chi connectivity index (χ0) is 24.7. The first kappa shape index (κ1) is 23.1. The highest BCUT2D eigenvalue weighted by molar-refractivity contribution is 6.22. The van der Waals surface area contributed by atoms with Crippen molar-refractivity contribution in [2.75, 3.05) is 23.5 Å². The van der Waals surface area contributed by atoms with Crippen molar-refractivity contribution < 1.29 is 28.7 Å². The van der Waals surface area contributed by atoms with E-state index in [1.54, 1.807) is 42.5 Å². The van der Waals surface area contributed by atoms with E-state index in [2.05, 4.69) is 6.92 Å². The fraction of sp³-hybridized carbons (Fsp3) is 0.407. The Balaban J connectivity index is 1.30. The minimum absolute atomic E-state index is 0.0290. The van der Waals surface area contributed by atoms with Crippen LogP contribution in [0.15, 0.2) is 48.5 Å². The molecule has 182 valence electrons. The molecule has 8 heteroatoms. The van der Waals surface area contributed by atoms with Crippen molar-refractivity contribution in [1.29, 1.82) is 0 Å². The average Bonchev–Trinajstić information content (AvgIpc) is 3.36. The maximum Gasteiger partial charge on any atom is 0.316 e. The van der Waals surface area contributed by atoms with Crippen molar-refractivity contribution in [1.82, 2.24) is 0 Å². The number of carbonyl (C=O) groups excluding carboxylic acids is 4. The van der Waals surface area contributed by atoms with Crippen LogP contribution < -0.4 is 19.3 Å². The van der Waals surface area contributed by atoms with Crippen molar-refractivity contribution >= 4 is 35.1 Å². The van der Waals surface area contributed by atoms with Gasteiger partial charge in [-0.05, 0) is 49.4 Å². The number of fused-ring (bicyclic) bond motifs is 1. The Morgan fingerprint density at radius 2 is 1.74 bits per heavy atom. The SMILES string of the molecule is COc1ccccc1N1C[C@H](C(=O)Oc2cccc(N3C(=O)[C@@H]4CC[C@@H](C)C[C@H]4C3=O)c2)CC1=O. The molecule has 2 aromatic carbocycles. The van der Waals surface area contributed by atoms with Gasteiger partial charge >= 0.3 is 5.97 Å². The van der Waals surface area contributed by atoms with Gasteiger partial charge in [-0.25, -0.2) is 4.90 Å². The predicted octanol–water partition coefficient (Wildman–Crippen LogP) is 3.58. The second-order valence-corrected chi connectivity index (χ2v) is 9.64.